The molecule has 0 spiro atoms. The van der Waals surface area contributed by atoms with Gasteiger partial charge in [0, 0.05) is 21.2 Å². The Bertz CT molecular complexity index is 891. The minimum absolute atomic E-state index is 0.326. The molecule has 0 saturated carbocycles. The average Bonchev–Trinajstić information content (AvgIpc) is 2.84. The van der Waals surface area contributed by atoms with Crippen LogP contribution in [0.2, 0.25) is 10.0 Å². The van der Waals surface area contributed by atoms with Gasteiger partial charge in [0.25, 0.3) is 0 Å². The van der Waals surface area contributed by atoms with Crippen molar-refractivity contribution in [1.29, 1.82) is 5.26 Å². The van der Waals surface area contributed by atoms with E-state index < -0.39 is 0 Å². The van der Waals surface area contributed by atoms with Gasteiger partial charge >= 0.3 is 0 Å². The van der Waals surface area contributed by atoms with Gasteiger partial charge in [-0.2, -0.15) is 5.26 Å². The summed E-state index contributed by atoms with van der Waals surface area (Å²) in [5.41, 5.74) is 9.52. The molecular formula is C17H11Cl2N3. The quantitative estimate of drug-likeness (QED) is 0.686. The van der Waals surface area contributed by atoms with Gasteiger partial charge < -0.3 is 10.7 Å². The highest BCUT2D eigenvalue weighted by Crippen LogP contribution is 2.38. The number of hydrogen-bond donors (Lipinski definition) is 2. The largest absolute Gasteiger partial charge is 0.384 e. The SMILES string of the molecule is N#Cc1c(N)[nH]c(-c2cccc(Cl)c2)c1-c1cccc(Cl)c1. The summed E-state index contributed by atoms with van der Waals surface area (Å²) in [6.07, 6.45) is 0. The number of nitriles is 1. The van der Waals surface area contributed by atoms with E-state index in [2.05, 4.69) is 11.1 Å². The van der Waals surface area contributed by atoms with Gasteiger partial charge in [-0.3, -0.25) is 0 Å². The third-order valence-corrected chi connectivity index (χ3v) is 3.84. The second kappa shape index (κ2) is 5.76. The Kier molecular flexibility index (Phi) is 3.81. The molecular weight excluding hydrogens is 317 g/mol. The summed E-state index contributed by atoms with van der Waals surface area (Å²) in [4.78, 5) is 3.08. The number of nitrogens with two attached hydrogens (primary N) is 1. The minimum atomic E-state index is 0.326. The number of halogens is 2. The van der Waals surface area contributed by atoms with E-state index in [-0.39, 0.29) is 0 Å². The number of hydrogen-bond acceptors (Lipinski definition) is 2. The lowest BCUT2D eigenvalue weighted by molar-refractivity contribution is 1.40. The maximum atomic E-state index is 9.44. The van der Waals surface area contributed by atoms with Gasteiger partial charge in [0.15, 0.2) is 0 Å². The third kappa shape index (κ3) is 2.55. The molecule has 0 atom stereocenters. The molecule has 0 radical (unpaired) electrons. The molecule has 108 valence electrons. The number of rotatable bonds is 2. The molecule has 3 rings (SSSR count). The van der Waals surface area contributed by atoms with Crippen molar-refractivity contribution in [3.05, 3.63) is 64.1 Å². The summed E-state index contributed by atoms with van der Waals surface area (Å²) in [5.74, 6) is 0.326. The van der Waals surface area contributed by atoms with E-state index in [1.807, 2.05) is 30.3 Å². The lowest BCUT2D eigenvalue weighted by Gasteiger charge is -2.06. The molecule has 0 aliphatic carbocycles. The minimum Gasteiger partial charge on any atom is -0.384 e. The first-order chi connectivity index (χ1) is 10.6. The van der Waals surface area contributed by atoms with E-state index in [0.717, 1.165) is 22.4 Å². The first kappa shape index (κ1) is 14.5. The molecule has 0 aliphatic heterocycles. The van der Waals surface area contributed by atoms with Gasteiger partial charge in [-0.25, -0.2) is 0 Å². The van der Waals surface area contributed by atoms with Crippen LogP contribution in [-0.2, 0) is 0 Å². The van der Waals surface area contributed by atoms with Crippen LogP contribution < -0.4 is 5.73 Å². The van der Waals surface area contributed by atoms with E-state index in [1.165, 1.54) is 0 Å². The Hall–Kier alpha value is -2.41. The van der Waals surface area contributed by atoms with E-state index in [9.17, 15) is 5.26 Å². The number of benzene rings is 2. The molecule has 1 aromatic heterocycles. The Morgan fingerprint density at radius 3 is 2.14 bits per heavy atom. The van der Waals surface area contributed by atoms with Crippen molar-refractivity contribution in [3.63, 3.8) is 0 Å². The molecule has 0 bridgehead atoms. The van der Waals surface area contributed by atoms with Crippen molar-refractivity contribution >= 4 is 29.0 Å². The highest BCUT2D eigenvalue weighted by Gasteiger charge is 2.19. The monoisotopic (exact) mass is 327 g/mol. The van der Waals surface area contributed by atoms with Gasteiger partial charge in [-0.15, -0.1) is 0 Å². The fraction of sp³-hybridized carbons (Fsp3) is 0. The van der Waals surface area contributed by atoms with Crippen LogP contribution in [0.5, 0.6) is 0 Å². The summed E-state index contributed by atoms with van der Waals surface area (Å²) in [7, 11) is 0. The zero-order valence-electron chi connectivity index (χ0n) is 11.4. The Balaban J connectivity index is 2.31. The standard InChI is InChI=1S/C17H11Cl2N3/c18-12-5-1-3-10(7-12)15-14(9-20)17(21)22-16(15)11-4-2-6-13(19)8-11/h1-8,22H,21H2. The summed E-state index contributed by atoms with van der Waals surface area (Å²) in [5, 5.41) is 10.6. The Labute approximate surface area is 137 Å². The molecule has 0 amide bonds. The maximum absolute atomic E-state index is 9.44. The molecule has 0 unspecified atom stereocenters. The topological polar surface area (TPSA) is 65.6 Å². The van der Waals surface area contributed by atoms with Gasteiger partial charge in [0.1, 0.15) is 17.5 Å². The molecule has 3 aromatic rings. The lowest BCUT2D eigenvalue weighted by atomic mass is 9.98. The zero-order valence-corrected chi connectivity index (χ0v) is 12.9. The Morgan fingerprint density at radius 2 is 1.55 bits per heavy atom. The molecule has 3 N–H and O–H groups in total. The number of nitrogen functional groups attached to an aromatic ring is 1. The molecule has 3 nitrogen and oxygen atoms in total. The van der Waals surface area contributed by atoms with Crippen molar-refractivity contribution in [2.45, 2.75) is 0 Å². The smallest absolute Gasteiger partial charge is 0.120 e. The number of aromatic nitrogens is 1. The second-order valence-corrected chi connectivity index (χ2v) is 5.67. The number of nitrogens with one attached hydrogen (secondary N) is 1. The van der Waals surface area contributed by atoms with Crippen LogP contribution in [0.1, 0.15) is 5.56 Å². The van der Waals surface area contributed by atoms with Crippen LogP contribution in [0.4, 0.5) is 5.82 Å². The first-order valence-electron chi connectivity index (χ1n) is 6.53. The van der Waals surface area contributed by atoms with Crippen LogP contribution in [0.25, 0.3) is 22.4 Å². The average molecular weight is 328 g/mol. The van der Waals surface area contributed by atoms with Crippen molar-refractivity contribution < 1.29 is 0 Å². The predicted molar refractivity (Wildman–Crippen MR) is 90.8 cm³/mol. The van der Waals surface area contributed by atoms with Crippen LogP contribution in [0.15, 0.2) is 48.5 Å². The molecule has 0 saturated heterocycles. The predicted octanol–water partition coefficient (Wildman–Crippen LogP) is 5.11. The molecule has 5 heteroatoms. The van der Waals surface area contributed by atoms with E-state index in [1.54, 1.807) is 18.2 Å². The lowest BCUT2D eigenvalue weighted by Crippen LogP contribution is -1.87. The molecule has 0 aliphatic rings. The van der Waals surface area contributed by atoms with Crippen molar-refractivity contribution in [2.75, 3.05) is 5.73 Å². The summed E-state index contributed by atoms with van der Waals surface area (Å²) in [6.45, 7) is 0. The highest BCUT2D eigenvalue weighted by molar-refractivity contribution is 6.31. The second-order valence-electron chi connectivity index (χ2n) is 4.80. The van der Waals surface area contributed by atoms with E-state index in [4.69, 9.17) is 28.9 Å². The summed E-state index contributed by atoms with van der Waals surface area (Å²) < 4.78 is 0. The molecule has 1 heterocycles. The van der Waals surface area contributed by atoms with Crippen molar-refractivity contribution in [2.24, 2.45) is 0 Å². The van der Waals surface area contributed by atoms with E-state index in [0.29, 0.717) is 21.4 Å². The number of nitrogens with zero attached hydrogens (tertiary/aromatic N) is 1. The molecule has 22 heavy (non-hydrogen) atoms. The van der Waals surface area contributed by atoms with Crippen molar-refractivity contribution in [3.8, 4) is 28.5 Å². The van der Waals surface area contributed by atoms with Gasteiger partial charge in [-0.1, -0.05) is 47.5 Å². The fourth-order valence-electron chi connectivity index (χ4n) is 2.43. The van der Waals surface area contributed by atoms with Crippen LogP contribution >= 0.6 is 23.2 Å². The Morgan fingerprint density at radius 1 is 0.955 bits per heavy atom. The van der Waals surface area contributed by atoms with Crippen molar-refractivity contribution in [1.82, 2.24) is 4.98 Å². The fourth-order valence-corrected chi connectivity index (χ4v) is 2.81. The number of H-pyrrole nitrogens is 1. The summed E-state index contributed by atoms with van der Waals surface area (Å²) >= 11 is 12.1. The first-order valence-corrected chi connectivity index (χ1v) is 7.29. The summed E-state index contributed by atoms with van der Waals surface area (Å²) in [6, 6.07) is 16.8. The van der Waals surface area contributed by atoms with Crippen LogP contribution in [-0.4, -0.2) is 4.98 Å². The highest BCUT2D eigenvalue weighted by atomic mass is 35.5. The van der Waals surface area contributed by atoms with Gasteiger partial charge in [0.2, 0.25) is 0 Å². The maximum Gasteiger partial charge on any atom is 0.120 e. The molecule has 0 fully saturated rings. The van der Waals surface area contributed by atoms with E-state index >= 15 is 0 Å². The normalized spacial score (nSPS) is 10.4. The third-order valence-electron chi connectivity index (χ3n) is 3.37. The molecule has 2 aromatic carbocycles. The number of aromatic amines is 1. The zero-order chi connectivity index (χ0) is 15.7. The van der Waals surface area contributed by atoms with Crippen LogP contribution in [0.3, 0.4) is 0 Å². The van der Waals surface area contributed by atoms with Gasteiger partial charge in [-0.05, 0) is 29.8 Å². The van der Waals surface area contributed by atoms with Crippen LogP contribution in [0, 0.1) is 11.3 Å². The number of anilines is 1. The van der Waals surface area contributed by atoms with Gasteiger partial charge in [0.05, 0.1) is 5.69 Å².